The molecule has 1 amide bonds. The van der Waals surface area contributed by atoms with Crippen LogP contribution in [0.3, 0.4) is 0 Å². The summed E-state index contributed by atoms with van der Waals surface area (Å²) in [6, 6.07) is 10.9. The van der Waals surface area contributed by atoms with Gasteiger partial charge in [0.05, 0.1) is 20.7 Å². The first-order valence-corrected chi connectivity index (χ1v) is 8.33. The fourth-order valence-corrected chi connectivity index (χ4v) is 2.76. The lowest BCUT2D eigenvalue weighted by Crippen LogP contribution is -2.14. The van der Waals surface area contributed by atoms with E-state index >= 15 is 0 Å². The number of nitriles is 1. The highest BCUT2D eigenvalue weighted by Crippen LogP contribution is 2.31. The van der Waals surface area contributed by atoms with Crippen LogP contribution in [0, 0.1) is 21.4 Å². The van der Waals surface area contributed by atoms with Crippen molar-refractivity contribution in [3.8, 4) is 6.07 Å². The number of nitrogens with one attached hydrogen (secondary N) is 1. The molecule has 0 fully saturated rings. The molecule has 27 heavy (non-hydrogen) atoms. The van der Waals surface area contributed by atoms with Gasteiger partial charge in [-0.2, -0.15) is 5.26 Å². The smallest absolute Gasteiger partial charge is 0.293 e. The van der Waals surface area contributed by atoms with Crippen molar-refractivity contribution in [1.29, 1.82) is 5.26 Å². The lowest BCUT2D eigenvalue weighted by atomic mass is 10.1. The average molecular weight is 405 g/mol. The molecule has 2 aromatic carbocycles. The van der Waals surface area contributed by atoms with Crippen molar-refractivity contribution in [3.05, 3.63) is 67.7 Å². The second kappa shape index (κ2) is 8.54. The van der Waals surface area contributed by atoms with Crippen LogP contribution in [-0.2, 0) is 4.79 Å². The van der Waals surface area contributed by atoms with Gasteiger partial charge in [-0.3, -0.25) is 14.9 Å². The van der Waals surface area contributed by atoms with Crippen molar-refractivity contribution in [1.82, 2.24) is 0 Å². The van der Waals surface area contributed by atoms with E-state index in [1.54, 1.807) is 55.4 Å². The predicted octanol–water partition coefficient (Wildman–Crippen LogP) is 4.51. The third-order valence-electron chi connectivity index (χ3n) is 3.56. The predicted molar refractivity (Wildman–Crippen MR) is 106 cm³/mol. The van der Waals surface area contributed by atoms with Gasteiger partial charge in [0.15, 0.2) is 0 Å². The Balaban J connectivity index is 2.38. The van der Waals surface area contributed by atoms with E-state index in [9.17, 15) is 20.2 Å². The number of para-hydroxylation sites is 1. The van der Waals surface area contributed by atoms with Crippen LogP contribution in [0.1, 0.15) is 5.56 Å². The minimum absolute atomic E-state index is 0.138. The molecule has 0 aliphatic carbocycles. The molecule has 0 aliphatic rings. The summed E-state index contributed by atoms with van der Waals surface area (Å²) < 4.78 is 0. The molecule has 0 saturated carbocycles. The number of carbonyl (C=O) groups is 1. The van der Waals surface area contributed by atoms with E-state index in [4.69, 9.17) is 23.2 Å². The molecule has 0 spiro atoms. The first-order valence-electron chi connectivity index (χ1n) is 7.57. The number of carbonyl (C=O) groups excluding carboxylic acids is 1. The molecule has 0 saturated heterocycles. The maximum atomic E-state index is 12.4. The molecule has 0 aromatic heterocycles. The fourth-order valence-electron chi connectivity index (χ4n) is 2.27. The minimum Gasteiger partial charge on any atom is -0.372 e. The van der Waals surface area contributed by atoms with Crippen LogP contribution >= 0.6 is 23.2 Å². The molecule has 2 rings (SSSR count). The Morgan fingerprint density at radius 1 is 1.26 bits per heavy atom. The maximum Gasteiger partial charge on any atom is 0.293 e. The Bertz CT molecular complexity index is 961. The van der Waals surface area contributed by atoms with Gasteiger partial charge in [0.2, 0.25) is 0 Å². The highest BCUT2D eigenvalue weighted by molar-refractivity contribution is 6.40. The number of benzene rings is 2. The van der Waals surface area contributed by atoms with Crippen molar-refractivity contribution in [3.63, 3.8) is 0 Å². The number of nitro benzene ring substituents is 1. The van der Waals surface area contributed by atoms with Crippen LogP contribution in [0.25, 0.3) is 6.08 Å². The summed E-state index contributed by atoms with van der Waals surface area (Å²) in [7, 11) is 3.36. The van der Waals surface area contributed by atoms with Gasteiger partial charge in [0.1, 0.15) is 17.3 Å². The highest BCUT2D eigenvalue weighted by Gasteiger charge is 2.18. The molecule has 0 radical (unpaired) electrons. The van der Waals surface area contributed by atoms with E-state index in [-0.39, 0.29) is 27.0 Å². The minimum atomic E-state index is -0.730. The summed E-state index contributed by atoms with van der Waals surface area (Å²) in [5, 5.41) is 23.5. The van der Waals surface area contributed by atoms with Gasteiger partial charge in [0, 0.05) is 20.2 Å². The SMILES string of the molecule is CN(C)c1ccc(/C=C(\C#N)C(=O)Nc2c(Cl)cccc2Cl)cc1[N+](=O)[O-]. The molecular weight excluding hydrogens is 391 g/mol. The zero-order valence-electron chi connectivity index (χ0n) is 14.4. The third-order valence-corrected chi connectivity index (χ3v) is 4.19. The molecule has 0 aliphatic heterocycles. The van der Waals surface area contributed by atoms with E-state index in [1.165, 1.54) is 12.1 Å². The van der Waals surface area contributed by atoms with Gasteiger partial charge in [-0.15, -0.1) is 0 Å². The summed E-state index contributed by atoms with van der Waals surface area (Å²) in [5.74, 6) is -0.730. The first kappa shape index (κ1) is 20.2. The number of amides is 1. The lowest BCUT2D eigenvalue weighted by molar-refractivity contribution is -0.384. The van der Waals surface area contributed by atoms with E-state index in [0.29, 0.717) is 11.3 Å². The number of hydrogen-bond acceptors (Lipinski definition) is 5. The zero-order chi connectivity index (χ0) is 20.1. The number of rotatable bonds is 5. The molecular formula is C18H14Cl2N4O3. The molecule has 7 nitrogen and oxygen atoms in total. The van der Waals surface area contributed by atoms with Gasteiger partial charge >= 0.3 is 0 Å². The monoisotopic (exact) mass is 404 g/mol. The molecule has 0 unspecified atom stereocenters. The molecule has 2 aromatic rings. The molecule has 9 heteroatoms. The van der Waals surface area contributed by atoms with Crippen molar-refractivity contribution in [2.24, 2.45) is 0 Å². The third kappa shape index (κ3) is 4.76. The Morgan fingerprint density at radius 3 is 2.41 bits per heavy atom. The van der Waals surface area contributed by atoms with Gasteiger partial charge < -0.3 is 10.2 Å². The second-order valence-corrected chi connectivity index (χ2v) is 6.43. The zero-order valence-corrected chi connectivity index (χ0v) is 15.9. The number of halogens is 2. The van der Waals surface area contributed by atoms with E-state index < -0.39 is 10.8 Å². The molecule has 1 N–H and O–H groups in total. The lowest BCUT2D eigenvalue weighted by Gasteiger charge is -2.13. The molecule has 0 heterocycles. The van der Waals surface area contributed by atoms with Gasteiger partial charge in [-0.1, -0.05) is 35.3 Å². The quantitative estimate of drug-likeness (QED) is 0.341. The van der Waals surface area contributed by atoms with Crippen molar-refractivity contribution in [2.75, 3.05) is 24.3 Å². The van der Waals surface area contributed by atoms with Crippen LogP contribution in [0.15, 0.2) is 42.0 Å². The first-order chi connectivity index (χ1) is 12.7. The molecule has 0 atom stereocenters. The summed E-state index contributed by atoms with van der Waals surface area (Å²) in [6.07, 6.45) is 1.26. The van der Waals surface area contributed by atoms with E-state index in [2.05, 4.69) is 5.32 Å². The summed E-state index contributed by atoms with van der Waals surface area (Å²) in [6.45, 7) is 0. The Labute approximate surface area is 165 Å². The van der Waals surface area contributed by atoms with Gasteiger partial charge in [0.25, 0.3) is 11.6 Å². The summed E-state index contributed by atoms with van der Waals surface area (Å²) in [5.41, 5.74) is 0.534. The highest BCUT2D eigenvalue weighted by atomic mass is 35.5. The van der Waals surface area contributed by atoms with Crippen LogP contribution in [0.5, 0.6) is 0 Å². The Morgan fingerprint density at radius 2 is 1.89 bits per heavy atom. The van der Waals surface area contributed by atoms with E-state index in [1.807, 2.05) is 0 Å². The number of nitrogens with zero attached hydrogens (tertiary/aromatic N) is 3. The standard InChI is InChI=1S/C18H14Cl2N4O3/c1-23(2)15-7-6-11(9-16(15)24(26)27)8-12(10-21)18(25)22-17-13(19)4-3-5-14(17)20/h3-9H,1-2H3,(H,22,25)/b12-8+. The number of anilines is 2. The maximum absolute atomic E-state index is 12.4. The van der Waals surface area contributed by atoms with Crippen molar-refractivity contribution in [2.45, 2.75) is 0 Å². The van der Waals surface area contributed by atoms with Gasteiger partial charge in [-0.25, -0.2) is 0 Å². The van der Waals surface area contributed by atoms with Crippen LogP contribution in [0.4, 0.5) is 17.1 Å². The largest absolute Gasteiger partial charge is 0.372 e. The normalized spacial score (nSPS) is 10.9. The topological polar surface area (TPSA) is 99.3 Å². The number of hydrogen-bond donors (Lipinski definition) is 1. The second-order valence-electron chi connectivity index (χ2n) is 5.62. The van der Waals surface area contributed by atoms with Crippen LogP contribution in [0.2, 0.25) is 10.0 Å². The summed E-state index contributed by atoms with van der Waals surface area (Å²) in [4.78, 5) is 24.7. The van der Waals surface area contributed by atoms with Crippen LogP contribution < -0.4 is 10.2 Å². The van der Waals surface area contributed by atoms with Crippen molar-refractivity contribution >= 4 is 52.2 Å². The molecule has 0 bridgehead atoms. The Kier molecular flexibility index (Phi) is 6.40. The molecule has 138 valence electrons. The van der Waals surface area contributed by atoms with Crippen molar-refractivity contribution < 1.29 is 9.72 Å². The van der Waals surface area contributed by atoms with Crippen LogP contribution in [-0.4, -0.2) is 24.9 Å². The fraction of sp³-hybridized carbons (Fsp3) is 0.111. The average Bonchev–Trinajstić information content (AvgIpc) is 2.62. The Hall–Kier alpha value is -3.08. The summed E-state index contributed by atoms with van der Waals surface area (Å²) >= 11 is 12.0. The number of nitro groups is 1. The van der Waals surface area contributed by atoms with Gasteiger partial charge in [-0.05, 0) is 29.8 Å². The van der Waals surface area contributed by atoms with E-state index in [0.717, 1.165) is 0 Å².